The number of benzene rings is 1. The fraction of sp³-hybridized carbons (Fsp3) is 0.353. The van der Waals surface area contributed by atoms with E-state index in [1.165, 1.54) is 24.5 Å². The van der Waals surface area contributed by atoms with Gasteiger partial charge in [-0.05, 0) is 37.5 Å². The highest BCUT2D eigenvalue weighted by Crippen LogP contribution is 2.31. The largest absolute Gasteiger partial charge is 0.416 e. The predicted molar refractivity (Wildman–Crippen MR) is 86.5 cm³/mol. The van der Waals surface area contributed by atoms with Gasteiger partial charge in [0.25, 0.3) is 5.91 Å². The average Bonchev–Trinajstić information content (AvgIpc) is 2.61. The lowest BCUT2D eigenvalue weighted by atomic mass is 10.1. The Morgan fingerprint density at radius 1 is 1.08 bits per heavy atom. The van der Waals surface area contributed by atoms with Gasteiger partial charge in [-0.3, -0.25) is 4.79 Å². The number of hydrogen-bond donors (Lipinski definition) is 1. The highest BCUT2D eigenvalue weighted by atomic mass is 19.4. The summed E-state index contributed by atoms with van der Waals surface area (Å²) in [4.78, 5) is 22.2. The first kappa shape index (κ1) is 17.2. The number of rotatable bonds is 3. The summed E-state index contributed by atoms with van der Waals surface area (Å²) in [5, 5.41) is 2.79. The summed E-state index contributed by atoms with van der Waals surface area (Å²) < 4.78 is 38.3. The van der Waals surface area contributed by atoms with Crippen molar-refractivity contribution in [2.24, 2.45) is 0 Å². The van der Waals surface area contributed by atoms with Crippen LogP contribution in [-0.4, -0.2) is 33.9 Å². The second-order valence-corrected chi connectivity index (χ2v) is 5.84. The molecular formula is C17H17F3N4O. The number of anilines is 2. The highest BCUT2D eigenvalue weighted by molar-refractivity contribution is 5.93. The number of aromatic nitrogens is 2. The summed E-state index contributed by atoms with van der Waals surface area (Å²) in [5.74, 6) is 0.0869. The topological polar surface area (TPSA) is 58.1 Å². The van der Waals surface area contributed by atoms with Gasteiger partial charge in [0.05, 0.1) is 5.56 Å². The molecule has 1 aliphatic heterocycles. The Bertz CT molecular complexity index is 758. The van der Waals surface area contributed by atoms with E-state index in [9.17, 15) is 18.0 Å². The van der Waals surface area contributed by atoms with Crippen molar-refractivity contribution in [1.82, 2.24) is 14.9 Å². The molecule has 0 bridgehead atoms. The smallest absolute Gasteiger partial charge is 0.340 e. The van der Waals surface area contributed by atoms with E-state index < -0.39 is 11.7 Å². The van der Waals surface area contributed by atoms with Crippen LogP contribution in [0.2, 0.25) is 0 Å². The van der Waals surface area contributed by atoms with Crippen LogP contribution in [0.4, 0.5) is 24.7 Å². The van der Waals surface area contributed by atoms with Crippen LogP contribution < -0.4 is 5.32 Å². The molecule has 2 heterocycles. The lowest BCUT2D eigenvalue weighted by Gasteiger charge is -2.26. The molecule has 25 heavy (non-hydrogen) atoms. The Labute approximate surface area is 142 Å². The molecule has 0 atom stereocenters. The molecule has 0 saturated carbocycles. The van der Waals surface area contributed by atoms with Crippen molar-refractivity contribution in [2.45, 2.75) is 25.4 Å². The standard InChI is InChI=1S/C17H17F3N4O/c18-17(19,20)12-5-4-6-13(9-12)23-15-10-14(21-11-22-15)16(25)24-7-2-1-3-8-24/h4-6,9-11H,1-3,7-8H2,(H,21,22,23). The zero-order chi connectivity index (χ0) is 17.9. The van der Waals surface area contributed by atoms with Gasteiger partial charge >= 0.3 is 6.18 Å². The van der Waals surface area contributed by atoms with E-state index in [1.807, 2.05) is 0 Å². The van der Waals surface area contributed by atoms with Gasteiger partial charge in [0.2, 0.25) is 0 Å². The average molecular weight is 350 g/mol. The predicted octanol–water partition coefficient (Wildman–Crippen LogP) is 3.87. The van der Waals surface area contributed by atoms with Crippen molar-refractivity contribution in [2.75, 3.05) is 18.4 Å². The van der Waals surface area contributed by atoms with Crippen LogP contribution in [0.5, 0.6) is 0 Å². The van der Waals surface area contributed by atoms with E-state index in [4.69, 9.17) is 0 Å². The van der Waals surface area contributed by atoms with Gasteiger partial charge in [0, 0.05) is 24.8 Å². The van der Waals surface area contributed by atoms with E-state index in [0.717, 1.165) is 31.4 Å². The normalized spacial score (nSPS) is 15.1. The molecule has 5 nitrogen and oxygen atoms in total. The van der Waals surface area contributed by atoms with E-state index in [1.54, 1.807) is 4.90 Å². The summed E-state index contributed by atoms with van der Waals surface area (Å²) in [5.41, 5.74) is -0.285. The molecule has 1 aliphatic rings. The minimum atomic E-state index is -4.42. The third kappa shape index (κ3) is 4.26. The number of piperidine rings is 1. The van der Waals surface area contributed by atoms with E-state index >= 15 is 0 Å². The van der Waals surface area contributed by atoms with Crippen LogP contribution in [0.15, 0.2) is 36.7 Å². The minimum absolute atomic E-state index is 0.186. The molecule has 0 unspecified atom stereocenters. The van der Waals surface area contributed by atoms with Crippen molar-refractivity contribution >= 4 is 17.4 Å². The summed E-state index contributed by atoms with van der Waals surface area (Å²) >= 11 is 0. The second-order valence-electron chi connectivity index (χ2n) is 5.84. The SMILES string of the molecule is O=C(c1cc(Nc2cccc(C(F)(F)F)c2)ncn1)N1CCCCC1. The summed E-state index contributed by atoms with van der Waals surface area (Å²) in [7, 11) is 0. The molecule has 132 valence electrons. The fourth-order valence-corrected chi connectivity index (χ4v) is 2.72. The van der Waals surface area contributed by atoms with Gasteiger partial charge in [0.1, 0.15) is 17.8 Å². The molecule has 3 rings (SSSR count). The third-order valence-electron chi connectivity index (χ3n) is 3.99. The summed E-state index contributed by atoms with van der Waals surface area (Å²) in [6.07, 6.45) is -0.153. The maximum atomic E-state index is 12.8. The molecule has 0 aliphatic carbocycles. The Morgan fingerprint density at radius 3 is 2.56 bits per heavy atom. The molecule has 1 fully saturated rings. The van der Waals surface area contributed by atoms with Crippen LogP contribution in [0, 0.1) is 0 Å². The molecule has 1 N–H and O–H groups in total. The molecule has 1 amide bonds. The Kier molecular flexibility index (Phi) is 4.87. The van der Waals surface area contributed by atoms with Crippen molar-refractivity contribution in [3.8, 4) is 0 Å². The van der Waals surface area contributed by atoms with Gasteiger partial charge in [-0.25, -0.2) is 9.97 Å². The van der Waals surface area contributed by atoms with Gasteiger partial charge in [-0.1, -0.05) is 6.07 Å². The number of hydrogen-bond acceptors (Lipinski definition) is 4. The number of likely N-dealkylation sites (tertiary alicyclic amines) is 1. The van der Waals surface area contributed by atoms with E-state index in [0.29, 0.717) is 13.1 Å². The molecule has 8 heteroatoms. The number of halogens is 3. The van der Waals surface area contributed by atoms with E-state index in [2.05, 4.69) is 15.3 Å². The number of amides is 1. The monoisotopic (exact) mass is 350 g/mol. The van der Waals surface area contributed by atoms with Crippen LogP contribution >= 0.6 is 0 Å². The zero-order valence-electron chi connectivity index (χ0n) is 13.4. The van der Waals surface area contributed by atoms with Gasteiger partial charge in [-0.15, -0.1) is 0 Å². The van der Waals surface area contributed by atoms with Gasteiger partial charge in [0.15, 0.2) is 0 Å². The first-order valence-corrected chi connectivity index (χ1v) is 7.99. The molecule has 1 saturated heterocycles. The molecular weight excluding hydrogens is 333 g/mol. The lowest BCUT2D eigenvalue weighted by molar-refractivity contribution is -0.137. The zero-order valence-corrected chi connectivity index (χ0v) is 13.4. The number of nitrogens with zero attached hydrogens (tertiary/aromatic N) is 3. The van der Waals surface area contributed by atoms with Crippen LogP contribution in [-0.2, 0) is 6.18 Å². The molecule has 0 radical (unpaired) electrons. The number of nitrogens with one attached hydrogen (secondary N) is 1. The van der Waals surface area contributed by atoms with Crippen molar-refractivity contribution < 1.29 is 18.0 Å². The third-order valence-corrected chi connectivity index (χ3v) is 3.99. The molecule has 1 aromatic carbocycles. The fourth-order valence-electron chi connectivity index (χ4n) is 2.72. The number of alkyl halides is 3. The van der Waals surface area contributed by atoms with Crippen LogP contribution in [0.1, 0.15) is 35.3 Å². The number of carbonyl (C=O) groups is 1. The maximum Gasteiger partial charge on any atom is 0.416 e. The van der Waals surface area contributed by atoms with Crippen LogP contribution in [0.3, 0.4) is 0 Å². The lowest BCUT2D eigenvalue weighted by Crippen LogP contribution is -2.36. The first-order valence-electron chi connectivity index (χ1n) is 7.99. The quantitative estimate of drug-likeness (QED) is 0.913. The minimum Gasteiger partial charge on any atom is -0.340 e. The Hall–Kier alpha value is -2.64. The van der Waals surface area contributed by atoms with Gasteiger partial charge in [-0.2, -0.15) is 13.2 Å². The van der Waals surface area contributed by atoms with Crippen LogP contribution in [0.25, 0.3) is 0 Å². The Morgan fingerprint density at radius 2 is 1.84 bits per heavy atom. The van der Waals surface area contributed by atoms with Crippen molar-refractivity contribution in [3.63, 3.8) is 0 Å². The second kappa shape index (κ2) is 7.08. The first-order chi connectivity index (χ1) is 11.9. The molecule has 2 aromatic rings. The summed E-state index contributed by atoms with van der Waals surface area (Å²) in [6.45, 7) is 1.39. The van der Waals surface area contributed by atoms with Crippen molar-refractivity contribution in [1.29, 1.82) is 0 Å². The highest BCUT2D eigenvalue weighted by Gasteiger charge is 2.30. The van der Waals surface area contributed by atoms with E-state index in [-0.39, 0.29) is 23.1 Å². The molecule has 1 aromatic heterocycles. The summed E-state index contributed by atoms with van der Waals surface area (Å²) in [6, 6.07) is 6.26. The maximum absolute atomic E-state index is 12.8. The Balaban J connectivity index is 1.77. The number of carbonyl (C=O) groups excluding carboxylic acids is 1. The molecule has 0 spiro atoms. The van der Waals surface area contributed by atoms with Crippen molar-refractivity contribution in [3.05, 3.63) is 47.9 Å². The van der Waals surface area contributed by atoms with Gasteiger partial charge < -0.3 is 10.2 Å².